The number of halogens is 3. The molecule has 5 N–H and O–H groups in total. The number of esters is 2. The lowest BCUT2D eigenvalue weighted by Gasteiger charge is -2.31. The number of aliphatic hydroxyl groups excluding tert-OH is 2. The number of allylic oxidation sites excluding steroid dienone is 1. The van der Waals surface area contributed by atoms with E-state index in [0.717, 1.165) is 71.0 Å². The minimum Gasteiger partial charge on any atom is -0.493 e. The Bertz CT molecular complexity index is 5840. The van der Waals surface area contributed by atoms with Gasteiger partial charge in [0, 0.05) is 142 Å². The van der Waals surface area contributed by atoms with E-state index in [9.17, 15) is 72.4 Å². The number of benzene rings is 6. The summed E-state index contributed by atoms with van der Waals surface area (Å²) in [5.74, 6) is -0.427. The van der Waals surface area contributed by atoms with Gasteiger partial charge < -0.3 is 63.5 Å². The van der Waals surface area contributed by atoms with Crippen LogP contribution in [-0.4, -0.2) is 163 Å². The van der Waals surface area contributed by atoms with Crippen molar-refractivity contribution in [1.82, 2.24) is 30.2 Å². The van der Waals surface area contributed by atoms with Gasteiger partial charge in [-0.15, -0.1) is 23.2 Å². The number of aromatic amines is 1. The van der Waals surface area contributed by atoms with Crippen LogP contribution in [0, 0.1) is 40.9 Å². The van der Waals surface area contributed by atoms with Crippen LogP contribution >= 0.6 is 35.0 Å². The highest BCUT2D eigenvalue weighted by molar-refractivity contribution is 8.02. The average molecular weight is 1920 g/mol. The summed E-state index contributed by atoms with van der Waals surface area (Å²) in [6, 6.07) is 32.5. The van der Waals surface area contributed by atoms with Gasteiger partial charge in [0.25, 0.3) is 5.91 Å². The average Bonchev–Trinajstić information content (AvgIpc) is 1.01. The second-order valence-electron chi connectivity index (χ2n) is 37.6. The van der Waals surface area contributed by atoms with Crippen molar-refractivity contribution in [2.45, 2.75) is 218 Å². The first-order valence-electron chi connectivity index (χ1n) is 44.4. The minimum atomic E-state index is -1.13. The number of aliphatic hydroxyl groups is 2. The van der Waals surface area contributed by atoms with E-state index in [1.54, 1.807) is 97.8 Å². The van der Waals surface area contributed by atoms with Gasteiger partial charge in [0.15, 0.2) is 34.1 Å². The maximum absolute atomic E-state index is 13.6. The Hall–Kier alpha value is -11.9. The number of ether oxygens (including phenoxy) is 5. The molecule has 4 aliphatic rings. The Balaban J connectivity index is 0.000000232. The minimum absolute atomic E-state index is 0.0238. The van der Waals surface area contributed by atoms with Crippen molar-refractivity contribution >= 4 is 133 Å². The van der Waals surface area contributed by atoms with Crippen molar-refractivity contribution in [1.29, 1.82) is 0 Å². The Morgan fingerprint density at radius 1 is 0.659 bits per heavy atom. The van der Waals surface area contributed by atoms with Crippen LogP contribution in [0.25, 0.3) is 56.7 Å². The number of alkyl halides is 2. The van der Waals surface area contributed by atoms with Gasteiger partial charge in [0.05, 0.1) is 45.7 Å². The second kappa shape index (κ2) is 50.1. The fourth-order valence-electron chi connectivity index (χ4n) is 13.8. The molecular weight excluding hydrogens is 1790 g/mol. The Morgan fingerprint density at radius 3 is 1.87 bits per heavy atom. The van der Waals surface area contributed by atoms with E-state index < -0.39 is 76.3 Å². The molecule has 0 spiro atoms. The van der Waals surface area contributed by atoms with Gasteiger partial charge in [-0.05, 0) is 133 Å². The SMILES string of the molecule is C=C1NC(=O)C(F)=CN1C1CC(OC(=O)CCC(=O)C(C)(C)C)C(CO)O1.CC(C)(C)C(=O)CCC(=O)/C=C\Sc1ncnc2nc[nH]c12.CC(C)(C)C(=O)CCCc1ccc(N(CCCl)CCCl)cc1.COc1cc(/C=C\c2ccc(CO)c(OC(=O)CCCC(=O)C(C)(C)C)c2)cc(C)c1OC.Cc1ccc2c(-c3ccc(C(=O)C(C)(C)C)cc3C(=O)O)c3ccc(=O)cc-3oc2c1. The fraction of sp³-hybridized carbons (Fsp3) is 0.423. The van der Waals surface area contributed by atoms with Crippen LogP contribution in [0.2, 0.25) is 0 Å². The molecule has 3 unspecified atom stereocenters. The summed E-state index contributed by atoms with van der Waals surface area (Å²) in [6.07, 6.45) is 10.9. The predicted molar refractivity (Wildman–Crippen MR) is 525 cm³/mol. The van der Waals surface area contributed by atoms with Gasteiger partial charge in [0.2, 0.25) is 5.83 Å². The number of carbonyl (C=O) groups excluding carboxylic acids is 9. The van der Waals surface area contributed by atoms with Gasteiger partial charge in [0.1, 0.15) is 81.4 Å². The summed E-state index contributed by atoms with van der Waals surface area (Å²) in [6.45, 7) is 36.3. The lowest BCUT2D eigenvalue weighted by atomic mass is 9.84. The first-order chi connectivity index (χ1) is 63.4. The highest BCUT2D eigenvalue weighted by atomic mass is 35.5. The van der Waals surface area contributed by atoms with E-state index >= 15 is 0 Å². The van der Waals surface area contributed by atoms with Crippen LogP contribution in [0.3, 0.4) is 0 Å². The molecule has 1 fully saturated rings. The molecule has 11 rings (SSSR count). The van der Waals surface area contributed by atoms with Crippen LogP contribution in [-0.2, 0) is 60.9 Å². The molecule has 1 amide bonds. The maximum atomic E-state index is 13.6. The van der Waals surface area contributed by atoms with Crippen molar-refractivity contribution in [2.75, 3.05) is 50.6 Å². The number of hydrogen-bond acceptors (Lipinski definition) is 25. The summed E-state index contributed by atoms with van der Waals surface area (Å²) >= 11 is 13.0. The third kappa shape index (κ3) is 33.0. The summed E-state index contributed by atoms with van der Waals surface area (Å²) in [5, 5.41) is 34.5. The molecule has 0 bridgehead atoms. The number of nitrogens with zero attached hydrogens (tertiary/aromatic N) is 5. The number of imidazole rings is 1. The third-order valence-corrected chi connectivity index (χ3v) is 22.9. The molecule has 1 saturated heterocycles. The molecule has 0 saturated carbocycles. The molecule has 5 heterocycles. The molecule has 3 aliphatic heterocycles. The number of H-pyrrole nitrogens is 1. The number of rotatable bonds is 34. The number of aromatic carboxylic acids is 1. The van der Waals surface area contributed by atoms with Crippen LogP contribution in [0.4, 0.5) is 10.1 Å². The van der Waals surface area contributed by atoms with E-state index in [1.807, 2.05) is 125 Å². The van der Waals surface area contributed by atoms with Gasteiger partial charge in [-0.25, -0.2) is 19.7 Å². The van der Waals surface area contributed by atoms with E-state index in [1.165, 1.54) is 52.8 Å². The number of fused-ring (bicyclic) bond motifs is 3. The first kappa shape index (κ1) is 110. The van der Waals surface area contributed by atoms with Crippen LogP contribution < -0.4 is 29.9 Å². The number of amides is 1. The van der Waals surface area contributed by atoms with E-state index in [4.69, 9.17) is 51.3 Å². The number of nitrogens with one attached hydrogen (secondary N) is 2. The van der Waals surface area contributed by atoms with Gasteiger partial charge in [-0.3, -0.25) is 47.9 Å². The molecule has 724 valence electrons. The molecule has 2 aromatic heterocycles. The standard InChI is InChI=1S/C27H34O6.C26H22O5.C18H27Cl2NO.C18H25FN2O6.C15H18N4O2S/c1-18-14-20(16-23(31-5)26(18)32-6)11-10-19-12-13-21(17-28)22(15-19)33-25(30)9-7-8-24(29)27(2,3)4;1-14-5-8-18-21(11-14)31-22-13-16(27)7-10-19(22)23(18)17-9-6-15(12-20(17)25(29)30)24(28)26(2,3)4;1-18(2,3)17(22)6-4-5-15-7-9-16(10-8-15)21(13-11-19)14-12-20;1-10-20-17(25)11(19)8-21(10)15-7-12(13(9-22)26-15)27-16(24)6-5-14(23)18(2,3)4;1-15(2,3)11(21)5-4-10(20)6-7-22-14-12-13(17-8-16-12)18-9-19-14/h10-16,28H,7-9,17H2,1-6H3;5-13H,1-4H3,(H,29,30);7-10H,4-6,11-14H2,1-3H3;8,12-13,15,22H,1,5-7,9H2,2-4H3,(H,20,25);6-9H,4-5H2,1-3H3,(H,16,17,18,19)/b11-10-;;;;7-6-. The zero-order valence-corrected chi connectivity index (χ0v) is 82.8. The van der Waals surface area contributed by atoms with Gasteiger partial charge in [-0.1, -0.05) is 183 Å². The number of carboxylic acid groups (broad SMARTS) is 1. The lowest BCUT2D eigenvalue weighted by Crippen LogP contribution is -2.42. The molecule has 1 aliphatic carbocycles. The van der Waals surface area contributed by atoms with E-state index in [0.29, 0.717) is 104 Å². The second-order valence-corrected chi connectivity index (χ2v) is 39.3. The van der Waals surface area contributed by atoms with Gasteiger partial charge >= 0.3 is 17.9 Å². The van der Waals surface area contributed by atoms with Crippen LogP contribution in [0.15, 0.2) is 172 Å². The zero-order chi connectivity index (χ0) is 100. The zero-order valence-electron chi connectivity index (χ0n) is 80.5. The summed E-state index contributed by atoms with van der Waals surface area (Å²) < 4.78 is 46.8. The maximum Gasteiger partial charge on any atom is 0.336 e. The number of Topliss-reactive ketones (excluding diaryl/α,β-unsaturated/α-hetero) is 5. The van der Waals surface area contributed by atoms with Crippen molar-refractivity contribution in [3.8, 4) is 39.7 Å². The molecular formula is C104H126Cl2FN7O20S. The molecule has 3 atom stereocenters. The number of aryl methyl sites for hydroxylation is 3. The molecule has 7 aromatic rings. The Kier molecular flexibility index (Phi) is 40.9. The number of carboxylic acids is 1. The number of carbonyl (C=O) groups is 10. The number of aromatic nitrogens is 4. The van der Waals surface area contributed by atoms with E-state index in [2.05, 4.69) is 61.0 Å². The summed E-state index contributed by atoms with van der Waals surface area (Å²) in [4.78, 5) is 151. The molecule has 31 heteroatoms. The van der Waals surface area contributed by atoms with Crippen LogP contribution in [0.1, 0.15) is 222 Å². The molecule has 5 aromatic carbocycles. The number of anilines is 1. The predicted octanol–water partition coefficient (Wildman–Crippen LogP) is 20.1. The van der Waals surface area contributed by atoms with Crippen molar-refractivity contribution in [2.24, 2.45) is 27.1 Å². The van der Waals surface area contributed by atoms with Crippen LogP contribution in [0.5, 0.6) is 17.2 Å². The highest BCUT2D eigenvalue weighted by Gasteiger charge is 2.42. The highest BCUT2D eigenvalue weighted by Crippen LogP contribution is 2.43. The normalized spacial score (nSPS) is 14.5. The smallest absolute Gasteiger partial charge is 0.336 e. The monoisotopic (exact) mass is 1910 g/mol. The van der Waals surface area contributed by atoms with Gasteiger partial charge in [-0.2, -0.15) is 4.39 Å². The fourth-order valence-corrected chi connectivity index (χ4v) is 15.0. The third-order valence-electron chi connectivity index (χ3n) is 21.7. The molecule has 135 heavy (non-hydrogen) atoms. The van der Waals surface area contributed by atoms with E-state index in [-0.39, 0.29) is 96.3 Å². The quantitative estimate of drug-likeness (QED) is 0.00288. The number of thioether (sulfide) groups is 1. The first-order valence-corrected chi connectivity index (χ1v) is 46.3. The number of ketones is 6. The number of methoxy groups -OCH3 is 2. The number of hydrogen-bond donors (Lipinski definition) is 5. The summed E-state index contributed by atoms with van der Waals surface area (Å²) in [5.41, 5.74) is 8.21. The topological polar surface area (TPSA) is 381 Å². The Morgan fingerprint density at radius 2 is 1.27 bits per heavy atom. The molecule has 0 radical (unpaired) electrons. The van der Waals surface area contributed by atoms with Crippen molar-refractivity contribution in [3.05, 3.63) is 212 Å². The molecule has 27 nitrogen and oxygen atoms in total. The summed E-state index contributed by atoms with van der Waals surface area (Å²) in [7, 11) is 3.20. The largest absolute Gasteiger partial charge is 0.493 e. The van der Waals surface area contributed by atoms with Crippen molar-refractivity contribution < 1.29 is 95.8 Å². The Labute approximate surface area is 802 Å². The lowest BCUT2D eigenvalue weighted by molar-refractivity contribution is -0.154. The van der Waals surface area contributed by atoms with Crippen molar-refractivity contribution in [3.63, 3.8) is 0 Å².